The predicted molar refractivity (Wildman–Crippen MR) is 120 cm³/mol. The molecule has 0 saturated carbocycles. The Hall–Kier alpha value is -3.69. The maximum Gasteiger partial charge on any atom is 0.243 e. The second kappa shape index (κ2) is 10.1. The highest BCUT2D eigenvalue weighted by molar-refractivity contribution is 5.89. The fourth-order valence-electron chi connectivity index (χ4n) is 4.24. The minimum absolute atomic E-state index is 0.0120. The molecule has 4 rings (SSSR count). The molecule has 0 aliphatic carbocycles. The smallest absolute Gasteiger partial charge is 0.243 e. The topological polar surface area (TPSA) is 104 Å². The summed E-state index contributed by atoms with van der Waals surface area (Å²) in [7, 11) is 0. The van der Waals surface area contributed by atoms with Crippen LogP contribution in [-0.2, 0) is 16.0 Å². The number of carbonyl (C=O) groups excluding carboxylic acids is 2. The first-order valence-electron chi connectivity index (χ1n) is 11.1. The first kappa shape index (κ1) is 23.5. The lowest BCUT2D eigenvalue weighted by Gasteiger charge is -2.27. The molecule has 0 bridgehead atoms. The lowest BCUT2D eigenvalue weighted by Crippen LogP contribution is -2.47. The maximum atomic E-state index is 14.8. The molecule has 2 heterocycles. The molecule has 8 nitrogen and oxygen atoms in total. The molecule has 2 amide bonds. The van der Waals surface area contributed by atoms with Crippen LogP contribution in [0.2, 0.25) is 0 Å². The van der Waals surface area contributed by atoms with Gasteiger partial charge in [0.1, 0.15) is 18.0 Å². The average Bonchev–Trinajstić information content (AvgIpc) is 3.47. The number of benzene rings is 2. The summed E-state index contributed by atoms with van der Waals surface area (Å²) in [5.74, 6) is -1.08. The normalized spacial score (nSPS) is 18.8. The van der Waals surface area contributed by atoms with Crippen molar-refractivity contribution in [3.05, 3.63) is 76.9 Å². The van der Waals surface area contributed by atoms with Gasteiger partial charge in [-0.15, -0.1) is 5.10 Å². The molecule has 0 radical (unpaired) electrons. The number of rotatable bonds is 7. The van der Waals surface area contributed by atoms with Gasteiger partial charge in [-0.2, -0.15) is 0 Å². The molecule has 34 heavy (non-hydrogen) atoms. The zero-order valence-corrected chi connectivity index (χ0v) is 18.9. The van der Waals surface area contributed by atoms with Crippen LogP contribution in [0.1, 0.15) is 54.7 Å². The minimum atomic E-state index is -1.33. The number of likely N-dealkylation sites (tertiary alicyclic amines) is 1. The van der Waals surface area contributed by atoms with E-state index in [4.69, 9.17) is 0 Å². The van der Waals surface area contributed by atoms with Crippen LogP contribution in [-0.4, -0.2) is 56.1 Å². The number of nitrogens with zero attached hydrogens (tertiary/aromatic N) is 4. The second-order valence-corrected chi connectivity index (χ2v) is 8.71. The summed E-state index contributed by atoms with van der Waals surface area (Å²) in [6.45, 7) is 3.62. The van der Waals surface area contributed by atoms with Crippen LogP contribution in [0.5, 0.6) is 0 Å². The molecule has 3 aromatic rings. The lowest BCUT2D eigenvalue weighted by molar-refractivity contribution is -0.138. The molecular weight excluding hydrogens is 442 g/mol. The van der Waals surface area contributed by atoms with Crippen LogP contribution < -0.4 is 5.32 Å². The van der Waals surface area contributed by atoms with Gasteiger partial charge in [0.2, 0.25) is 11.8 Å². The first-order valence-corrected chi connectivity index (χ1v) is 11.1. The van der Waals surface area contributed by atoms with Crippen molar-refractivity contribution < 1.29 is 18.4 Å². The van der Waals surface area contributed by atoms with E-state index < -0.39 is 30.1 Å². The number of nitrogens with one attached hydrogen (secondary N) is 2. The summed E-state index contributed by atoms with van der Waals surface area (Å²) in [5.41, 5.74) is 1.88. The predicted octanol–water partition coefficient (Wildman–Crippen LogP) is 2.85. The number of H-pyrrole nitrogens is 1. The van der Waals surface area contributed by atoms with Crippen LogP contribution in [0.4, 0.5) is 8.78 Å². The summed E-state index contributed by atoms with van der Waals surface area (Å²) in [5, 5.41) is 15.9. The molecular formula is C24H26F2N6O2. The van der Waals surface area contributed by atoms with Crippen LogP contribution in [0.25, 0.3) is 0 Å². The van der Waals surface area contributed by atoms with Crippen molar-refractivity contribution >= 4 is 11.8 Å². The van der Waals surface area contributed by atoms with Gasteiger partial charge in [-0.05, 0) is 39.1 Å². The molecule has 1 aliphatic heterocycles. The number of carbonyl (C=O) groups is 2. The standard InChI is InChI=1S/C24H26F2N6O2/c1-14(2)18-9-8-16(10-19(18)26)23(15-6-4-3-5-7-15)27-24(34)20-11-17(25)13-32(20)22(33)12-21-28-30-31-29-21/h3-10,14,17,20,23H,11-13H2,1-2H3,(H,27,34)(H,28,29,30,31)/t17-,20+,23+/m1/s1. The number of amides is 2. The van der Waals surface area contributed by atoms with Gasteiger partial charge in [-0.25, -0.2) is 13.9 Å². The van der Waals surface area contributed by atoms with E-state index in [1.807, 2.05) is 44.2 Å². The van der Waals surface area contributed by atoms with Crippen molar-refractivity contribution in [1.82, 2.24) is 30.8 Å². The highest BCUT2D eigenvalue weighted by Crippen LogP contribution is 2.28. The fraction of sp³-hybridized carbons (Fsp3) is 0.375. The van der Waals surface area contributed by atoms with Gasteiger partial charge in [0.25, 0.3) is 0 Å². The Labute approximate surface area is 195 Å². The SMILES string of the molecule is CC(C)c1ccc([C@@H](NC(=O)[C@@H]2C[C@@H](F)CN2C(=O)Cc2nnn[nH]2)c2ccccc2)cc1F. The molecule has 3 atom stereocenters. The van der Waals surface area contributed by atoms with Gasteiger partial charge >= 0.3 is 0 Å². The van der Waals surface area contributed by atoms with Gasteiger partial charge in [0.05, 0.1) is 19.0 Å². The maximum absolute atomic E-state index is 14.8. The zero-order chi connectivity index (χ0) is 24.2. The van der Waals surface area contributed by atoms with Crippen molar-refractivity contribution in [2.45, 2.75) is 50.9 Å². The molecule has 1 aromatic heterocycles. The van der Waals surface area contributed by atoms with E-state index in [1.54, 1.807) is 12.1 Å². The number of alkyl halides is 1. The van der Waals surface area contributed by atoms with E-state index in [0.717, 1.165) is 5.56 Å². The third-order valence-corrected chi connectivity index (χ3v) is 5.98. The van der Waals surface area contributed by atoms with Gasteiger partial charge < -0.3 is 10.2 Å². The molecule has 1 saturated heterocycles. The number of hydrogen-bond acceptors (Lipinski definition) is 5. The quantitative estimate of drug-likeness (QED) is 0.555. The monoisotopic (exact) mass is 468 g/mol. The Morgan fingerprint density at radius 1 is 1.18 bits per heavy atom. The largest absolute Gasteiger partial charge is 0.343 e. The average molecular weight is 469 g/mol. The molecule has 178 valence electrons. The number of tetrazole rings is 1. The van der Waals surface area contributed by atoms with E-state index in [-0.39, 0.29) is 36.9 Å². The second-order valence-electron chi connectivity index (χ2n) is 8.71. The Morgan fingerprint density at radius 2 is 1.94 bits per heavy atom. The van der Waals surface area contributed by atoms with E-state index in [9.17, 15) is 18.4 Å². The third-order valence-electron chi connectivity index (χ3n) is 5.98. The number of hydrogen-bond donors (Lipinski definition) is 2. The van der Waals surface area contributed by atoms with Crippen LogP contribution >= 0.6 is 0 Å². The van der Waals surface area contributed by atoms with Crippen molar-refractivity contribution in [3.63, 3.8) is 0 Å². The molecule has 0 spiro atoms. The van der Waals surface area contributed by atoms with Gasteiger partial charge in [0.15, 0.2) is 5.82 Å². The van der Waals surface area contributed by atoms with Gasteiger partial charge in [-0.1, -0.05) is 56.3 Å². The van der Waals surface area contributed by atoms with E-state index >= 15 is 0 Å². The van der Waals surface area contributed by atoms with Crippen molar-refractivity contribution in [2.75, 3.05) is 6.54 Å². The van der Waals surface area contributed by atoms with Crippen molar-refractivity contribution in [1.29, 1.82) is 0 Å². The Kier molecular flexibility index (Phi) is 6.95. The lowest BCUT2D eigenvalue weighted by atomic mass is 9.94. The molecule has 0 unspecified atom stereocenters. The molecule has 1 fully saturated rings. The Morgan fingerprint density at radius 3 is 2.59 bits per heavy atom. The van der Waals surface area contributed by atoms with E-state index in [2.05, 4.69) is 25.9 Å². The highest BCUT2D eigenvalue weighted by Gasteiger charge is 2.40. The summed E-state index contributed by atoms with van der Waals surface area (Å²) >= 11 is 0. The summed E-state index contributed by atoms with van der Waals surface area (Å²) in [4.78, 5) is 27.3. The first-order chi connectivity index (χ1) is 16.3. The number of aromatic nitrogens is 4. The molecule has 2 N–H and O–H groups in total. The van der Waals surface area contributed by atoms with Crippen LogP contribution in [0.3, 0.4) is 0 Å². The Bertz CT molecular complexity index is 1140. The zero-order valence-electron chi connectivity index (χ0n) is 18.9. The summed E-state index contributed by atoms with van der Waals surface area (Å²) < 4.78 is 29.1. The molecule has 2 aromatic carbocycles. The van der Waals surface area contributed by atoms with Gasteiger partial charge in [-0.3, -0.25) is 9.59 Å². The van der Waals surface area contributed by atoms with Crippen molar-refractivity contribution in [2.24, 2.45) is 0 Å². The Balaban J connectivity index is 1.59. The summed E-state index contributed by atoms with van der Waals surface area (Å²) in [6, 6.07) is 12.4. The third kappa shape index (κ3) is 5.11. The van der Waals surface area contributed by atoms with Crippen LogP contribution in [0, 0.1) is 5.82 Å². The molecule has 10 heteroatoms. The van der Waals surface area contributed by atoms with Gasteiger partial charge in [0, 0.05) is 6.42 Å². The van der Waals surface area contributed by atoms with E-state index in [1.165, 1.54) is 11.0 Å². The van der Waals surface area contributed by atoms with Crippen molar-refractivity contribution in [3.8, 4) is 0 Å². The highest BCUT2D eigenvalue weighted by atomic mass is 19.1. The number of aromatic amines is 1. The summed E-state index contributed by atoms with van der Waals surface area (Å²) in [6.07, 6.45) is -1.62. The fourth-order valence-corrected chi connectivity index (χ4v) is 4.24. The minimum Gasteiger partial charge on any atom is -0.343 e. The van der Waals surface area contributed by atoms with Crippen LogP contribution in [0.15, 0.2) is 48.5 Å². The molecule has 1 aliphatic rings. The van der Waals surface area contributed by atoms with E-state index in [0.29, 0.717) is 11.1 Å². The number of halogens is 2.